The average Bonchev–Trinajstić information content (AvgIpc) is 2.81. The number of ether oxygens (including phenoxy) is 3. The number of rotatable bonds is 13. The van der Waals surface area contributed by atoms with Crippen LogP contribution in [-0.2, 0) is 40.0 Å². The van der Waals surface area contributed by atoms with Crippen LogP contribution in [0.3, 0.4) is 0 Å². The molecule has 0 spiro atoms. The van der Waals surface area contributed by atoms with Gasteiger partial charge in [0.15, 0.2) is 0 Å². The summed E-state index contributed by atoms with van der Waals surface area (Å²) < 4.78 is 15.1. The molecule has 11 nitrogen and oxygen atoms in total. The van der Waals surface area contributed by atoms with Crippen LogP contribution in [0, 0.1) is 0 Å². The third-order valence-electron chi connectivity index (χ3n) is 4.40. The molecule has 2 atom stereocenters. The molecule has 0 radical (unpaired) electrons. The third kappa shape index (κ3) is 13.1. The molecular weight excluding hydrogens is 470 g/mol. The number of amides is 3. The predicted octanol–water partition coefficient (Wildman–Crippen LogP) is 1.75. The molecule has 0 unspecified atom stereocenters. The minimum Gasteiger partial charge on any atom is -0.460 e. The van der Waals surface area contributed by atoms with Gasteiger partial charge in [0.1, 0.15) is 37.4 Å². The van der Waals surface area contributed by atoms with E-state index in [1.54, 1.807) is 45.0 Å². The fourth-order valence-corrected chi connectivity index (χ4v) is 2.71. The van der Waals surface area contributed by atoms with Crippen LogP contribution in [0.25, 0.3) is 0 Å². The van der Waals surface area contributed by atoms with Gasteiger partial charge in [-0.3, -0.25) is 19.2 Å². The first-order valence-electron chi connectivity index (χ1n) is 11.4. The van der Waals surface area contributed by atoms with Crippen molar-refractivity contribution in [3.8, 4) is 0 Å². The fourth-order valence-electron chi connectivity index (χ4n) is 2.71. The smallest absolute Gasteiger partial charge is 0.408 e. The maximum Gasteiger partial charge on any atom is 0.408 e. The normalized spacial score (nSPS) is 12.3. The van der Waals surface area contributed by atoms with E-state index in [2.05, 4.69) is 22.5 Å². The number of carbonyl (C=O) groups is 5. The Kier molecular flexibility index (Phi) is 12.7. The average molecular weight is 506 g/mol. The van der Waals surface area contributed by atoms with Crippen molar-refractivity contribution in [2.45, 2.75) is 64.8 Å². The summed E-state index contributed by atoms with van der Waals surface area (Å²) in [6, 6.07) is 6.76. The van der Waals surface area contributed by atoms with Gasteiger partial charge in [0.2, 0.25) is 11.8 Å². The number of alkyl carbamates (subject to hydrolysis) is 1. The number of nitrogens with one attached hydrogen (secondary N) is 3. The SMILES string of the molecule is C=CCOC(=O)CNC(=O)[C@H](CCC(=O)OC(C)(C)C)NC(=O)[C@H](C)NC(=O)OCc1ccccc1. The molecule has 0 bridgehead atoms. The highest BCUT2D eigenvalue weighted by atomic mass is 16.6. The summed E-state index contributed by atoms with van der Waals surface area (Å²) in [6.45, 7) is 9.51. The quantitative estimate of drug-likeness (QED) is 0.209. The number of esters is 2. The van der Waals surface area contributed by atoms with Crippen molar-refractivity contribution < 1.29 is 38.2 Å². The molecule has 36 heavy (non-hydrogen) atoms. The standard InChI is InChI=1S/C25H35N3O8/c1-6-14-34-21(30)15-26-23(32)19(12-13-20(29)36-25(3,4)5)28-22(31)17(2)27-24(33)35-16-18-10-8-7-9-11-18/h6-11,17,19H,1,12-16H2,2-5H3,(H,26,32)(H,27,33)(H,28,31)/t17-,19-/m0/s1. The first-order valence-corrected chi connectivity index (χ1v) is 11.4. The van der Waals surface area contributed by atoms with Gasteiger partial charge in [-0.25, -0.2) is 4.79 Å². The van der Waals surface area contributed by atoms with Gasteiger partial charge in [0.25, 0.3) is 0 Å². The molecule has 198 valence electrons. The van der Waals surface area contributed by atoms with E-state index in [9.17, 15) is 24.0 Å². The van der Waals surface area contributed by atoms with Crippen LogP contribution < -0.4 is 16.0 Å². The second-order valence-corrected chi connectivity index (χ2v) is 8.80. The third-order valence-corrected chi connectivity index (χ3v) is 4.40. The summed E-state index contributed by atoms with van der Waals surface area (Å²) in [5, 5.41) is 7.23. The van der Waals surface area contributed by atoms with Crippen molar-refractivity contribution in [2.75, 3.05) is 13.2 Å². The highest BCUT2D eigenvalue weighted by Gasteiger charge is 2.27. The largest absolute Gasteiger partial charge is 0.460 e. The Hall–Kier alpha value is -3.89. The van der Waals surface area contributed by atoms with Crippen LogP contribution >= 0.6 is 0 Å². The van der Waals surface area contributed by atoms with Gasteiger partial charge < -0.3 is 30.2 Å². The minimum absolute atomic E-state index is 0.0168. The zero-order chi connectivity index (χ0) is 27.1. The van der Waals surface area contributed by atoms with E-state index in [1.165, 1.54) is 13.0 Å². The maximum atomic E-state index is 12.6. The van der Waals surface area contributed by atoms with Crippen molar-refractivity contribution in [3.05, 3.63) is 48.6 Å². The molecule has 0 saturated heterocycles. The van der Waals surface area contributed by atoms with E-state index in [1.807, 2.05) is 6.07 Å². The molecule has 11 heteroatoms. The molecule has 3 N–H and O–H groups in total. The highest BCUT2D eigenvalue weighted by Crippen LogP contribution is 2.10. The molecule has 0 aliphatic rings. The van der Waals surface area contributed by atoms with Gasteiger partial charge in [-0.2, -0.15) is 0 Å². The van der Waals surface area contributed by atoms with Crippen LogP contribution in [0.4, 0.5) is 4.79 Å². The Morgan fingerprint density at radius 2 is 1.64 bits per heavy atom. The Morgan fingerprint density at radius 3 is 2.25 bits per heavy atom. The van der Waals surface area contributed by atoms with Gasteiger partial charge in [-0.1, -0.05) is 43.0 Å². The number of benzene rings is 1. The summed E-state index contributed by atoms with van der Waals surface area (Å²) in [5.74, 6) is -2.65. The van der Waals surface area contributed by atoms with Crippen LogP contribution in [-0.4, -0.2) is 60.7 Å². The van der Waals surface area contributed by atoms with E-state index in [-0.39, 0.29) is 26.1 Å². The van der Waals surface area contributed by atoms with Crippen LogP contribution in [0.5, 0.6) is 0 Å². The Balaban J connectivity index is 2.70. The molecule has 1 rings (SSSR count). The van der Waals surface area contributed by atoms with E-state index < -0.39 is 54.1 Å². The molecule has 1 aromatic carbocycles. The van der Waals surface area contributed by atoms with Gasteiger partial charge in [-0.05, 0) is 39.7 Å². The van der Waals surface area contributed by atoms with Gasteiger partial charge >= 0.3 is 18.0 Å². The highest BCUT2D eigenvalue weighted by molar-refractivity contribution is 5.92. The van der Waals surface area contributed by atoms with E-state index >= 15 is 0 Å². The second-order valence-electron chi connectivity index (χ2n) is 8.80. The van der Waals surface area contributed by atoms with Crippen molar-refractivity contribution in [3.63, 3.8) is 0 Å². The summed E-state index contributed by atoms with van der Waals surface area (Å²) in [7, 11) is 0. The Morgan fingerprint density at radius 1 is 0.972 bits per heavy atom. The first-order chi connectivity index (χ1) is 16.9. The number of carbonyl (C=O) groups excluding carboxylic acids is 5. The summed E-state index contributed by atoms with van der Waals surface area (Å²) in [5.41, 5.74) is 0.0567. The lowest BCUT2D eigenvalue weighted by Crippen LogP contribution is -2.53. The molecule has 0 aliphatic heterocycles. The minimum atomic E-state index is -1.18. The second kappa shape index (κ2) is 15.2. The van der Waals surface area contributed by atoms with Crippen molar-refractivity contribution in [1.29, 1.82) is 0 Å². The van der Waals surface area contributed by atoms with Gasteiger partial charge in [0.05, 0.1) is 0 Å². The zero-order valence-electron chi connectivity index (χ0n) is 21.1. The van der Waals surface area contributed by atoms with Crippen molar-refractivity contribution in [2.24, 2.45) is 0 Å². The molecule has 0 heterocycles. The Labute approximate surface area is 210 Å². The number of hydrogen-bond donors (Lipinski definition) is 3. The van der Waals surface area contributed by atoms with Crippen molar-refractivity contribution in [1.82, 2.24) is 16.0 Å². The topological polar surface area (TPSA) is 149 Å². The summed E-state index contributed by atoms with van der Waals surface area (Å²) in [6.07, 6.45) is 0.292. The van der Waals surface area contributed by atoms with Crippen LogP contribution in [0.1, 0.15) is 46.1 Å². The molecule has 3 amide bonds. The molecule has 0 aromatic heterocycles. The Bertz CT molecular complexity index is 912. The predicted molar refractivity (Wildman–Crippen MR) is 130 cm³/mol. The van der Waals surface area contributed by atoms with Crippen LogP contribution in [0.2, 0.25) is 0 Å². The lowest BCUT2D eigenvalue weighted by atomic mass is 10.1. The fraction of sp³-hybridized carbons (Fsp3) is 0.480. The lowest BCUT2D eigenvalue weighted by molar-refractivity contribution is -0.155. The summed E-state index contributed by atoms with van der Waals surface area (Å²) in [4.78, 5) is 61.1. The molecule has 0 saturated carbocycles. The molecule has 1 aromatic rings. The van der Waals surface area contributed by atoms with E-state index in [4.69, 9.17) is 14.2 Å². The zero-order valence-corrected chi connectivity index (χ0v) is 21.1. The number of hydrogen-bond acceptors (Lipinski definition) is 8. The van der Waals surface area contributed by atoms with Gasteiger partial charge in [-0.15, -0.1) is 0 Å². The lowest BCUT2D eigenvalue weighted by Gasteiger charge is -2.22. The first kappa shape index (κ1) is 30.1. The molecule has 0 fully saturated rings. The van der Waals surface area contributed by atoms with Gasteiger partial charge in [0, 0.05) is 6.42 Å². The van der Waals surface area contributed by atoms with Crippen LogP contribution in [0.15, 0.2) is 43.0 Å². The molecular formula is C25H35N3O8. The van der Waals surface area contributed by atoms with Crippen molar-refractivity contribution >= 4 is 29.8 Å². The van der Waals surface area contributed by atoms with E-state index in [0.29, 0.717) is 0 Å². The molecule has 0 aliphatic carbocycles. The maximum absolute atomic E-state index is 12.6. The monoisotopic (exact) mass is 505 g/mol. The summed E-state index contributed by atoms with van der Waals surface area (Å²) >= 11 is 0. The van der Waals surface area contributed by atoms with E-state index in [0.717, 1.165) is 5.56 Å².